The van der Waals surface area contributed by atoms with Gasteiger partial charge in [-0.3, -0.25) is 0 Å². The lowest BCUT2D eigenvalue weighted by Crippen LogP contribution is -2.05. The van der Waals surface area contributed by atoms with Crippen molar-refractivity contribution in [3.63, 3.8) is 0 Å². The molecule has 30 heavy (non-hydrogen) atoms. The molecule has 2 N–H and O–H groups in total. The molecule has 150 valence electrons. The summed E-state index contributed by atoms with van der Waals surface area (Å²) < 4.78 is 11.1. The molecule has 0 aliphatic carbocycles. The van der Waals surface area contributed by atoms with Gasteiger partial charge in [-0.2, -0.15) is 10.3 Å². The van der Waals surface area contributed by atoms with E-state index in [-0.39, 0.29) is 12.6 Å². The highest BCUT2D eigenvalue weighted by atomic mass is 35.5. The first-order valence-corrected chi connectivity index (χ1v) is 9.20. The van der Waals surface area contributed by atoms with Crippen LogP contribution in [-0.4, -0.2) is 32.8 Å². The summed E-state index contributed by atoms with van der Waals surface area (Å²) in [5, 5.41) is 17.6. The lowest BCUT2D eigenvalue weighted by molar-refractivity contribution is 0.0473. The Morgan fingerprint density at radius 3 is 2.77 bits per heavy atom. The number of furan rings is 1. The number of tetrazole rings is 1. The van der Waals surface area contributed by atoms with Crippen LogP contribution >= 0.6 is 11.6 Å². The minimum Gasteiger partial charge on any atom is -0.457 e. The number of esters is 1. The molecule has 0 unspecified atom stereocenters. The highest BCUT2D eigenvalue weighted by Gasteiger charge is 2.10. The monoisotopic (exact) mass is 422 g/mol. The van der Waals surface area contributed by atoms with Crippen molar-refractivity contribution in [2.24, 2.45) is 5.10 Å². The zero-order chi connectivity index (χ0) is 20.8. The average molecular weight is 423 g/mol. The molecule has 10 heteroatoms. The SMILES string of the molecule is O=C(OCc1ccccc1Cl)c1ccc(-c2ccc(/C=N\Nc3nn[nH]n3)o2)cc1. The second-order valence-corrected chi connectivity index (χ2v) is 6.46. The summed E-state index contributed by atoms with van der Waals surface area (Å²) in [6.07, 6.45) is 1.49. The molecule has 0 bridgehead atoms. The van der Waals surface area contributed by atoms with Crippen molar-refractivity contribution in [2.45, 2.75) is 6.61 Å². The number of rotatable bonds is 7. The lowest BCUT2D eigenvalue weighted by atomic mass is 10.1. The van der Waals surface area contributed by atoms with Crippen molar-refractivity contribution >= 4 is 29.7 Å². The number of nitrogens with one attached hydrogen (secondary N) is 2. The van der Waals surface area contributed by atoms with E-state index in [1.54, 1.807) is 42.5 Å². The molecule has 0 aliphatic rings. The van der Waals surface area contributed by atoms with Gasteiger partial charge in [0.05, 0.1) is 11.8 Å². The normalized spacial score (nSPS) is 11.0. The van der Waals surface area contributed by atoms with E-state index in [1.807, 2.05) is 18.2 Å². The zero-order valence-electron chi connectivity index (χ0n) is 15.4. The van der Waals surface area contributed by atoms with Crippen LogP contribution in [0.2, 0.25) is 5.02 Å². The maximum atomic E-state index is 12.3. The minimum atomic E-state index is -0.429. The van der Waals surface area contributed by atoms with Gasteiger partial charge >= 0.3 is 5.97 Å². The number of hydrogen-bond acceptors (Lipinski definition) is 8. The third-order valence-electron chi connectivity index (χ3n) is 4.05. The summed E-state index contributed by atoms with van der Waals surface area (Å²) >= 11 is 6.08. The fourth-order valence-corrected chi connectivity index (χ4v) is 2.74. The standard InChI is InChI=1S/C20H15ClN6O3/c21-17-4-2-1-3-15(17)12-29-19(28)14-7-5-13(6-8-14)18-10-9-16(30-18)11-22-23-20-24-26-27-25-20/h1-11H,12H2,(H2,23,24,25,26,27)/b22-11-. The quantitative estimate of drug-likeness (QED) is 0.263. The largest absolute Gasteiger partial charge is 0.457 e. The molecule has 4 rings (SSSR count). The Morgan fingerprint density at radius 2 is 2.00 bits per heavy atom. The van der Waals surface area contributed by atoms with Gasteiger partial charge in [0.25, 0.3) is 5.95 Å². The maximum Gasteiger partial charge on any atom is 0.338 e. The predicted octanol–water partition coefficient (Wildman–Crippen LogP) is 3.92. The molecule has 0 saturated carbocycles. The number of carbonyl (C=O) groups excluding carboxylic acids is 1. The predicted molar refractivity (Wildman–Crippen MR) is 110 cm³/mol. The fraction of sp³-hybridized carbons (Fsp3) is 0.0500. The van der Waals surface area contributed by atoms with Crippen molar-refractivity contribution in [1.82, 2.24) is 20.6 Å². The van der Waals surface area contributed by atoms with Crippen molar-refractivity contribution in [3.8, 4) is 11.3 Å². The topological polar surface area (TPSA) is 118 Å². The Kier molecular flexibility index (Phi) is 5.81. The number of benzene rings is 2. The van der Waals surface area contributed by atoms with Crippen LogP contribution in [0, 0.1) is 0 Å². The Labute approximate surface area is 175 Å². The zero-order valence-corrected chi connectivity index (χ0v) is 16.2. The van der Waals surface area contributed by atoms with Gasteiger partial charge in [-0.15, -0.1) is 5.10 Å². The maximum absolute atomic E-state index is 12.3. The third-order valence-corrected chi connectivity index (χ3v) is 4.42. The van der Waals surface area contributed by atoms with E-state index in [1.165, 1.54) is 6.21 Å². The first-order valence-electron chi connectivity index (χ1n) is 8.82. The van der Waals surface area contributed by atoms with Gasteiger partial charge in [0.15, 0.2) is 0 Å². The second kappa shape index (κ2) is 9.01. The van der Waals surface area contributed by atoms with Gasteiger partial charge in [0, 0.05) is 16.1 Å². The molecule has 0 saturated heterocycles. The summed E-state index contributed by atoms with van der Waals surface area (Å²) in [4.78, 5) is 12.3. The van der Waals surface area contributed by atoms with Gasteiger partial charge in [-0.1, -0.05) is 47.0 Å². The third kappa shape index (κ3) is 4.70. The molecular weight excluding hydrogens is 408 g/mol. The van der Waals surface area contributed by atoms with Gasteiger partial charge in [0.2, 0.25) is 0 Å². The molecule has 0 radical (unpaired) electrons. The van der Waals surface area contributed by atoms with Crippen LogP contribution in [-0.2, 0) is 11.3 Å². The van der Waals surface area contributed by atoms with Crippen molar-refractivity contribution in [1.29, 1.82) is 0 Å². The van der Waals surface area contributed by atoms with E-state index >= 15 is 0 Å². The molecule has 2 aromatic heterocycles. The number of halogens is 1. The number of aromatic nitrogens is 4. The van der Waals surface area contributed by atoms with Gasteiger partial charge in [0.1, 0.15) is 18.1 Å². The van der Waals surface area contributed by atoms with E-state index in [4.69, 9.17) is 20.8 Å². The molecule has 0 amide bonds. The van der Waals surface area contributed by atoms with Crippen LogP contribution in [0.25, 0.3) is 11.3 Å². The van der Waals surface area contributed by atoms with Crippen LogP contribution in [0.1, 0.15) is 21.7 Å². The highest BCUT2D eigenvalue weighted by Crippen LogP contribution is 2.23. The van der Waals surface area contributed by atoms with Crippen LogP contribution in [0.5, 0.6) is 0 Å². The van der Waals surface area contributed by atoms with Crippen molar-refractivity contribution in [3.05, 3.63) is 82.6 Å². The number of aromatic amines is 1. The number of anilines is 1. The highest BCUT2D eigenvalue weighted by molar-refractivity contribution is 6.31. The molecule has 0 atom stereocenters. The van der Waals surface area contributed by atoms with E-state index < -0.39 is 5.97 Å². The van der Waals surface area contributed by atoms with E-state index in [0.717, 1.165) is 11.1 Å². The molecule has 0 spiro atoms. The molecule has 0 fully saturated rings. The van der Waals surface area contributed by atoms with Crippen LogP contribution in [0.3, 0.4) is 0 Å². The molecular formula is C20H15ClN6O3. The number of ether oxygens (including phenoxy) is 1. The van der Waals surface area contributed by atoms with Crippen molar-refractivity contribution < 1.29 is 13.9 Å². The molecule has 0 aliphatic heterocycles. The minimum absolute atomic E-state index is 0.110. The number of carbonyl (C=O) groups is 1. The molecule has 4 aromatic rings. The summed E-state index contributed by atoms with van der Waals surface area (Å²) in [5.41, 5.74) is 4.60. The average Bonchev–Trinajstić information content (AvgIpc) is 3.46. The number of H-pyrrole nitrogens is 1. The number of hydrazone groups is 1. The van der Waals surface area contributed by atoms with E-state index in [0.29, 0.717) is 22.1 Å². The van der Waals surface area contributed by atoms with Gasteiger partial charge in [-0.05, 0) is 35.5 Å². The smallest absolute Gasteiger partial charge is 0.338 e. The number of nitrogens with zero attached hydrogens (tertiary/aromatic N) is 4. The van der Waals surface area contributed by atoms with E-state index in [9.17, 15) is 4.79 Å². The Morgan fingerprint density at radius 1 is 1.17 bits per heavy atom. The van der Waals surface area contributed by atoms with Gasteiger partial charge < -0.3 is 9.15 Å². The Balaban J connectivity index is 1.36. The van der Waals surface area contributed by atoms with Crippen LogP contribution in [0.4, 0.5) is 5.95 Å². The Hall–Kier alpha value is -3.98. The van der Waals surface area contributed by atoms with Gasteiger partial charge in [-0.25, -0.2) is 10.2 Å². The first kappa shape index (κ1) is 19.3. The molecule has 2 aromatic carbocycles. The van der Waals surface area contributed by atoms with Crippen LogP contribution in [0.15, 0.2) is 70.2 Å². The lowest BCUT2D eigenvalue weighted by Gasteiger charge is -2.07. The summed E-state index contributed by atoms with van der Waals surface area (Å²) in [6.45, 7) is 0.110. The van der Waals surface area contributed by atoms with Crippen molar-refractivity contribution in [2.75, 3.05) is 5.43 Å². The summed E-state index contributed by atoms with van der Waals surface area (Å²) in [5.74, 6) is 0.979. The molecule has 9 nitrogen and oxygen atoms in total. The van der Waals surface area contributed by atoms with Crippen LogP contribution < -0.4 is 5.43 Å². The Bertz CT molecular complexity index is 1160. The summed E-state index contributed by atoms with van der Waals surface area (Å²) in [6, 6.07) is 17.7. The summed E-state index contributed by atoms with van der Waals surface area (Å²) in [7, 11) is 0. The van der Waals surface area contributed by atoms with E-state index in [2.05, 4.69) is 31.2 Å². The first-order chi connectivity index (χ1) is 14.7. The fourth-order valence-electron chi connectivity index (χ4n) is 2.55. The number of hydrogen-bond donors (Lipinski definition) is 2. The second-order valence-electron chi connectivity index (χ2n) is 6.05. The molecule has 2 heterocycles.